The van der Waals surface area contributed by atoms with Gasteiger partial charge in [-0.25, -0.2) is 13.2 Å². The lowest BCUT2D eigenvalue weighted by atomic mass is 10.1. The number of amides is 2. The van der Waals surface area contributed by atoms with Gasteiger partial charge in [-0.15, -0.1) is 0 Å². The smallest absolute Gasteiger partial charge is 0.317 e. The van der Waals surface area contributed by atoms with E-state index in [4.69, 9.17) is 4.74 Å². The van der Waals surface area contributed by atoms with E-state index >= 15 is 0 Å². The average Bonchev–Trinajstić information content (AvgIpc) is 2.95. The first kappa shape index (κ1) is 20.4. The normalized spacial score (nSPS) is 18.5. The summed E-state index contributed by atoms with van der Waals surface area (Å²) in [6.07, 6.45) is 0.623. The van der Waals surface area contributed by atoms with Crippen molar-refractivity contribution >= 4 is 21.7 Å². The van der Waals surface area contributed by atoms with Crippen molar-refractivity contribution in [2.75, 3.05) is 38.3 Å². The summed E-state index contributed by atoms with van der Waals surface area (Å²) >= 11 is 0. The Balaban J connectivity index is 1.88. The molecule has 1 N–H and O–H groups in total. The van der Waals surface area contributed by atoms with Gasteiger partial charge >= 0.3 is 6.03 Å². The Morgan fingerprint density at radius 2 is 1.96 bits per heavy atom. The van der Waals surface area contributed by atoms with Crippen LogP contribution >= 0.6 is 0 Å². The lowest BCUT2D eigenvalue weighted by Crippen LogP contribution is -2.48. The number of Topliss-reactive ketones (excluding diaryl/α,β-unsaturated/α-hetero) is 1. The van der Waals surface area contributed by atoms with Crippen LogP contribution in [0.3, 0.4) is 0 Å². The van der Waals surface area contributed by atoms with E-state index in [0.717, 1.165) is 5.56 Å². The topological polar surface area (TPSA) is 92.8 Å². The molecule has 1 saturated heterocycles. The standard InChI is InChI=1S/C18H26N2O5S/c1-14-3-5-15(6-4-14)17(21)7-9-19-18(22)20(10-11-25-2)16-8-12-26(23,24)13-16/h3-6,16H,7-13H2,1-2H3,(H,19,22). The van der Waals surface area contributed by atoms with Gasteiger partial charge in [-0.1, -0.05) is 29.8 Å². The molecule has 2 rings (SSSR count). The fourth-order valence-corrected chi connectivity index (χ4v) is 4.66. The maximum atomic E-state index is 12.5. The third-order valence-corrected chi connectivity index (χ3v) is 6.20. The molecule has 1 heterocycles. The third kappa shape index (κ3) is 5.81. The van der Waals surface area contributed by atoms with Crippen molar-refractivity contribution in [2.45, 2.75) is 25.8 Å². The Morgan fingerprint density at radius 1 is 1.27 bits per heavy atom. The van der Waals surface area contributed by atoms with Gasteiger partial charge in [0.05, 0.1) is 18.1 Å². The second-order valence-corrected chi connectivity index (χ2v) is 8.74. The first-order valence-electron chi connectivity index (χ1n) is 8.66. The molecule has 26 heavy (non-hydrogen) atoms. The van der Waals surface area contributed by atoms with Crippen LogP contribution in [0.4, 0.5) is 4.79 Å². The number of hydrogen-bond acceptors (Lipinski definition) is 5. The number of ketones is 1. The second-order valence-electron chi connectivity index (χ2n) is 6.51. The predicted molar refractivity (Wildman–Crippen MR) is 99.2 cm³/mol. The Kier molecular flexibility index (Phi) is 7.16. The molecule has 1 fully saturated rings. The number of sulfone groups is 1. The van der Waals surface area contributed by atoms with Crippen molar-refractivity contribution in [3.63, 3.8) is 0 Å². The number of carbonyl (C=O) groups excluding carboxylic acids is 2. The van der Waals surface area contributed by atoms with Gasteiger partial charge in [0.1, 0.15) is 0 Å². The van der Waals surface area contributed by atoms with Gasteiger partial charge in [-0.3, -0.25) is 4.79 Å². The summed E-state index contributed by atoms with van der Waals surface area (Å²) in [6.45, 7) is 2.79. The van der Waals surface area contributed by atoms with Crippen molar-refractivity contribution in [3.05, 3.63) is 35.4 Å². The summed E-state index contributed by atoms with van der Waals surface area (Å²) in [5, 5.41) is 2.72. The molecular formula is C18H26N2O5S. The molecule has 1 aromatic carbocycles. The number of aryl methyl sites for hydroxylation is 1. The van der Waals surface area contributed by atoms with Crippen LogP contribution in [0, 0.1) is 6.92 Å². The van der Waals surface area contributed by atoms with E-state index in [2.05, 4.69) is 5.32 Å². The SMILES string of the molecule is COCCN(C(=O)NCCC(=O)c1ccc(C)cc1)C1CCS(=O)(=O)C1. The van der Waals surface area contributed by atoms with Crippen molar-refractivity contribution in [1.82, 2.24) is 10.2 Å². The van der Waals surface area contributed by atoms with Crippen molar-refractivity contribution in [1.29, 1.82) is 0 Å². The molecule has 7 nitrogen and oxygen atoms in total. The molecule has 0 aliphatic carbocycles. The van der Waals surface area contributed by atoms with Gasteiger partial charge < -0.3 is 15.0 Å². The summed E-state index contributed by atoms with van der Waals surface area (Å²) in [5.41, 5.74) is 1.69. The molecule has 2 amide bonds. The van der Waals surface area contributed by atoms with Gasteiger partial charge in [-0.2, -0.15) is 0 Å². The molecule has 1 unspecified atom stereocenters. The molecule has 0 bridgehead atoms. The highest BCUT2D eigenvalue weighted by Crippen LogP contribution is 2.18. The number of urea groups is 1. The highest BCUT2D eigenvalue weighted by atomic mass is 32.2. The third-order valence-electron chi connectivity index (χ3n) is 4.45. The van der Waals surface area contributed by atoms with Crippen LogP contribution in [-0.2, 0) is 14.6 Å². The lowest BCUT2D eigenvalue weighted by molar-refractivity contribution is 0.0981. The molecule has 0 saturated carbocycles. The molecule has 0 aromatic heterocycles. The molecule has 0 spiro atoms. The van der Waals surface area contributed by atoms with E-state index in [0.29, 0.717) is 25.1 Å². The molecule has 144 valence electrons. The van der Waals surface area contributed by atoms with E-state index in [1.54, 1.807) is 12.1 Å². The number of nitrogens with one attached hydrogen (secondary N) is 1. The van der Waals surface area contributed by atoms with E-state index in [-0.39, 0.29) is 42.3 Å². The van der Waals surface area contributed by atoms with Crippen LogP contribution in [-0.4, -0.2) is 69.5 Å². The highest BCUT2D eigenvalue weighted by Gasteiger charge is 2.34. The molecule has 1 aliphatic rings. The predicted octanol–water partition coefficient (Wildman–Crippen LogP) is 1.41. The number of nitrogens with zero attached hydrogens (tertiary/aromatic N) is 1. The molecule has 1 atom stereocenters. The molecule has 1 aliphatic heterocycles. The zero-order chi connectivity index (χ0) is 19.2. The lowest BCUT2D eigenvalue weighted by Gasteiger charge is -2.28. The average molecular weight is 382 g/mol. The fourth-order valence-electron chi connectivity index (χ4n) is 2.93. The molecule has 0 radical (unpaired) electrons. The second kappa shape index (κ2) is 9.14. The largest absolute Gasteiger partial charge is 0.383 e. The zero-order valence-corrected chi connectivity index (χ0v) is 16.0. The van der Waals surface area contributed by atoms with E-state index in [9.17, 15) is 18.0 Å². The summed E-state index contributed by atoms with van der Waals surface area (Å²) in [7, 11) is -1.56. The first-order chi connectivity index (χ1) is 12.3. The van der Waals surface area contributed by atoms with Crippen molar-refractivity contribution < 1.29 is 22.7 Å². The Labute approximate surface area is 154 Å². The summed E-state index contributed by atoms with van der Waals surface area (Å²) in [6, 6.07) is 6.59. The minimum Gasteiger partial charge on any atom is -0.383 e. The molecule has 8 heteroatoms. The van der Waals surface area contributed by atoms with Gasteiger partial charge in [-0.05, 0) is 13.3 Å². The highest BCUT2D eigenvalue weighted by molar-refractivity contribution is 7.91. The van der Waals surface area contributed by atoms with E-state index < -0.39 is 9.84 Å². The zero-order valence-electron chi connectivity index (χ0n) is 15.2. The van der Waals surface area contributed by atoms with Crippen LogP contribution in [0.1, 0.15) is 28.8 Å². The minimum absolute atomic E-state index is 0.0214. The molecule has 1 aromatic rings. The van der Waals surface area contributed by atoms with Gasteiger partial charge in [0.25, 0.3) is 0 Å². The van der Waals surface area contributed by atoms with Crippen molar-refractivity contribution in [3.8, 4) is 0 Å². The van der Waals surface area contributed by atoms with Crippen LogP contribution in [0.5, 0.6) is 0 Å². The van der Waals surface area contributed by atoms with E-state index in [1.165, 1.54) is 12.0 Å². The summed E-state index contributed by atoms with van der Waals surface area (Å²) < 4.78 is 28.4. The number of ether oxygens (including phenoxy) is 1. The number of hydrogen-bond donors (Lipinski definition) is 1. The van der Waals surface area contributed by atoms with E-state index in [1.807, 2.05) is 19.1 Å². The Morgan fingerprint density at radius 3 is 2.54 bits per heavy atom. The Hall–Kier alpha value is -1.93. The van der Waals surface area contributed by atoms with Gasteiger partial charge in [0.2, 0.25) is 0 Å². The minimum atomic E-state index is -3.09. The summed E-state index contributed by atoms with van der Waals surface area (Å²) in [5.74, 6) is 0.0319. The number of methoxy groups -OCH3 is 1. The van der Waals surface area contributed by atoms with Crippen LogP contribution < -0.4 is 5.32 Å². The maximum Gasteiger partial charge on any atom is 0.317 e. The fraction of sp³-hybridized carbons (Fsp3) is 0.556. The van der Waals surface area contributed by atoms with Crippen LogP contribution in [0.15, 0.2) is 24.3 Å². The number of benzene rings is 1. The quantitative estimate of drug-likeness (QED) is 0.686. The first-order valence-corrected chi connectivity index (χ1v) is 10.5. The number of rotatable bonds is 8. The monoisotopic (exact) mass is 382 g/mol. The van der Waals surface area contributed by atoms with Crippen LogP contribution in [0.2, 0.25) is 0 Å². The Bertz CT molecular complexity index is 730. The van der Waals surface area contributed by atoms with Gasteiger partial charge in [0.15, 0.2) is 15.6 Å². The summed E-state index contributed by atoms with van der Waals surface area (Å²) in [4.78, 5) is 26.1. The van der Waals surface area contributed by atoms with Crippen molar-refractivity contribution in [2.24, 2.45) is 0 Å². The van der Waals surface area contributed by atoms with Gasteiger partial charge in [0, 0.05) is 38.2 Å². The van der Waals surface area contributed by atoms with Crippen LogP contribution in [0.25, 0.3) is 0 Å². The number of carbonyl (C=O) groups is 2. The molecular weight excluding hydrogens is 356 g/mol. The maximum absolute atomic E-state index is 12.5.